The first-order valence-electron chi connectivity index (χ1n) is 5.13. The Morgan fingerprint density at radius 1 is 1.50 bits per heavy atom. The molecular formula is C10H16N2OS. The smallest absolute Gasteiger partial charge is 0.240 e. The zero-order chi connectivity index (χ0) is 9.80. The van der Waals surface area contributed by atoms with Crippen molar-refractivity contribution in [1.82, 2.24) is 10.2 Å². The van der Waals surface area contributed by atoms with Crippen molar-refractivity contribution in [2.75, 3.05) is 31.1 Å². The lowest BCUT2D eigenvalue weighted by Crippen LogP contribution is -2.51. The van der Waals surface area contributed by atoms with E-state index in [2.05, 4.69) is 17.5 Å². The Labute approximate surface area is 88.9 Å². The number of hydrogen-bond acceptors (Lipinski definition) is 3. The Balaban J connectivity index is 1.89. The molecule has 2 rings (SSSR count). The second-order valence-electron chi connectivity index (χ2n) is 3.63. The lowest BCUT2D eigenvalue weighted by atomic mass is 10.2. The molecule has 0 aromatic heterocycles. The van der Waals surface area contributed by atoms with Crippen LogP contribution < -0.4 is 5.32 Å². The summed E-state index contributed by atoms with van der Waals surface area (Å²) in [6.45, 7) is 2.64. The summed E-state index contributed by atoms with van der Waals surface area (Å²) in [4.78, 5) is 13.9. The topological polar surface area (TPSA) is 32.3 Å². The lowest BCUT2D eigenvalue weighted by molar-refractivity contribution is -0.132. The van der Waals surface area contributed by atoms with Crippen molar-refractivity contribution in [2.24, 2.45) is 0 Å². The number of hydrogen-bond donors (Lipinski definition) is 1. The number of nitrogens with one attached hydrogen (secondary N) is 1. The highest BCUT2D eigenvalue weighted by Gasteiger charge is 2.25. The molecule has 1 N–H and O–H groups in total. The summed E-state index contributed by atoms with van der Waals surface area (Å²) in [5.41, 5.74) is 0. The van der Waals surface area contributed by atoms with E-state index >= 15 is 0 Å². The van der Waals surface area contributed by atoms with Gasteiger partial charge in [-0.05, 0) is 6.42 Å². The zero-order valence-corrected chi connectivity index (χ0v) is 9.05. The molecule has 3 nitrogen and oxygen atoms in total. The van der Waals surface area contributed by atoms with E-state index in [1.807, 2.05) is 16.7 Å². The zero-order valence-electron chi connectivity index (χ0n) is 8.24. The van der Waals surface area contributed by atoms with E-state index in [-0.39, 0.29) is 11.9 Å². The summed E-state index contributed by atoms with van der Waals surface area (Å²) in [5, 5.41) is 3.28. The van der Waals surface area contributed by atoms with Gasteiger partial charge in [-0.1, -0.05) is 12.2 Å². The van der Waals surface area contributed by atoms with Crippen LogP contribution in [0.1, 0.15) is 6.42 Å². The highest BCUT2D eigenvalue weighted by molar-refractivity contribution is 7.99. The Kier molecular flexibility index (Phi) is 3.48. The number of amides is 1. The van der Waals surface area contributed by atoms with E-state index in [1.165, 1.54) is 0 Å². The second-order valence-corrected chi connectivity index (χ2v) is 4.78. The number of nitrogens with zero attached hydrogens (tertiary/aromatic N) is 1. The van der Waals surface area contributed by atoms with Gasteiger partial charge < -0.3 is 10.2 Å². The van der Waals surface area contributed by atoms with Crippen LogP contribution in [0.2, 0.25) is 0 Å². The molecule has 2 heterocycles. The molecule has 0 aromatic rings. The number of carbonyl (C=O) groups is 1. The van der Waals surface area contributed by atoms with Gasteiger partial charge in [0.25, 0.3) is 0 Å². The van der Waals surface area contributed by atoms with Crippen molar-refractivity contribution in [3.63, 3.8) is 0 Å². The molecule has 0 radical (unpaired) electrons. The Hall–Kier alpha value is -0.480. The van der Waals surface area contributed by atoms with Crippen molar-refractivity contribution in [3.05, 3.63) is 12.2 Å². The number of rotatable bonds is 1. The van der Waals surface area contributed by atoms with Gasteiger partial charge in [0.1, 0.15) is 0 Å². The van der Waals surface area contributed by atoms with Gasteiger partial charge in [-0.3, -0.25) is 4.79 Å². The maximum absolute atomic E-state index is 12.0. The molecule has 1 amide bonds. The fraction of sp³-hybridized carbons (Fsp3) is 0.700. The quantitative estimate of drug-likeness (QED) is 0.642. The molecule has 0 aliphatic carbocycles. The van der Waals surface area contributed by atoms with E-state index in [4.69, 9.17) is 0 Å². The normalized spacial score (nSPS) is 27.7. The molecule has 0 bridgehead atoms. The van der Waals surface area contributed by atoms with E-state index in [9.17, 15) is 4.79 Å². The van der Waals surface area contributed by atoms with Crippen molar-refractivity contribution in [1.29, 1.82) is 0 Å². The molecule has 1 saturated heterocycles. The van der Waals surface area contributed by atoms with Crippen molar-refractivity contribution >= 4 is 17.7 Å². The summed E-state index contributed by atoms with van der Waals surface area (Å²) in [6.07, 6.45) is 5.23. The summed E-state index contributed by atoms with van der Waals surface area (Å²) in [6, 6.07) is 0.0558. The van der Waals surface area contributed by atoms with Crippen LogP contribution in [0, 0.1) is 0 Å². The largest absolute Gasteiger partial charge is 0.337 e. The van der Waals surface area contributed by atoms with Crippen LogP contribution in [0.25, 0.3) is 0 Å². The molecule has 2 aliphatic heterocycles. The predicted molar refractivity (Wildman–Crippen MR) is 59.5 cm³/mol. The van der Waals surface area contributed by atoms with E-state index in [0.29, 0.717) is 0 Å². The van der Waals surface area contributed by atoms with Gasteiger partial charge in [0, 0.05) is 31.1 Å². The third-order valence-electron chi connectivity index (χ3n) is 2.59. The van der Waals surface area contributed by atoms with E-state index in [1.54, 1.807) is 0 Å². The molecule has 1 unspecified atom stereocenters. The number of carbonyl (C=O) groups excluding carboxylic acids is 1. The minimum absolute atomic E-state index is 0.0558. The molecular weight excluding hydrogens is 196 g/mol. The van der Waals surface area contributed by atoms with Crippen molar-refractivity contribution < 1.29 is 4.79 Å². The molecule has 0 spiro atoms. The minimum atomic E-state index is 0.0558. The standard InChI is InChI=1S/C10H16N2OS/c13-10(9-8-14-7-4-11-9)12-5-2-1-3-6-12/h1-2,9,11H,3-8H2. The van der Waals surface area contributed by atoms with Crippen LogP contribution in [-0.2, 0) is 4.79 Å². The maximum atomic E-state index is 12.0. The fourth-order valence-corrected chi connectivity index (χ4v) is 2.71. The van der Waals surface area contributed by atoms with Crippen LogP contribution >= 0.6 is 11.8 Å². The molecule has 78 valence electrons. The minimum Gasteiger partial charge on any atom is -0.337 e. The summed E-state index contributed by atoms with van der Waals surface area (Å²) in [7, 11) is 0. The summed E-state index contributed by atoms with van der Waals surface area (Å²) >= 11 is 1.87. The van der Waals surface area contributed by atoms with Crippen LogP contribution in [0.3, 0.4) is 0 Å². The predicted octanol–water partition coefficient (Wildman–Crippen LogP) is 0.480. The number of thioether (sulfide) groups is 1. The van der Waals surface area contributed by atoms with Gasteiger partial charge in [0.15, 0.2) is 0 Å². The SMILES string of the molecule is O=C(C1CSCCN1)N1CC=CCC1. The summed E-state index contributed by atoms with van der Waals surface area (Å²) in [5.74, 6) is 2.34. The molecule has 1 atom stereocenters. The molecule has 4 heteroatoms. The van der Waals surface area contributed by atoms with Gasteiger partial charge in [0.05, 0.1) is 6.04 Å². The molecule has 0 saturated carbocycles. The summed E-state index contributed by atoms with van der Waals surface area (Å²) < 4.78 is 0. The highest BCUT2D eigenvalue weighted by Crippen LogP contribution is 2.11. The second kappa shape index (κ2) is 4.84. The Morgan fingerprint density at radius 2 is 2.43 bits per heavy atom. The molecule has 14 heavy (non-hydrogen) atoms. The van der Waals surface area contributed by atoms with Crippen molar-refractivity contribution in [3.8, 4) is 0 Å². The first kappa shape index (κ1) is 10.1. The molecule has 1 fully saturated rings. The van der Waals surface area contributed by atoms with E-state index in [0.717, 1.165) is 37.6 Å². The van der Waals surface area contributed by atoms with Gasteiger partial charge in [-0.25, -0.2) is 0 Å². The Morgan fingerprint density at radius 3 is 3.07 bits per heavy atom. The first-order chi connectivity index (χ1) is 6.88. The van der Waals surface area contributed by atoms with Crippen LogP contribution in [0.5, 0.6) is 0 Å². The van der Waals surface area contributed by atoms with Crippen LogP contribution in [0.4, 0.5) is 0 Å². The average Bonchev–Trinajstić information content (AvgIpc) is 2.30. The third-order valence-corrected chi connectivity index (χ3v) is 3.65. The van der Waals surface area contributed by atoms with Gasteiger partial charge in [0.2, 0.25) is 5.91 Å². The molecule has 0 aromatic carbocycles. The van der Waals surface area contributed by atoms with Gasteiger partial charge in [-0.2, -0.15) is 11.8 Å². The van der Waals surface area contributed by atoms with E-state index < -0.39 is 0 Å². The van der Waals surface area contributed by atoms with Gasteiger partial charge in [-0.15, -0.1) is 0 Å². The van der Waals surface area contributed by atoms with Crippen molar-refractivity contribution in [2.45, 2.75) is 12.5 Å². The lowest BCUT2D eigenvalue weighted by Gasteiger charge is -2.30. The van der Waals surface area contributed by atoms with Crippen LogP contribution in [-0.4, -0.2) is 48.0 Å². The van der Waals surface area contributed by atoms with Crippen LogP contribution in [0.15, 0.2) is 12.2 Å². The molecule has 2 aliphatic rings. The van der Waals surface area contributed by atoms with Gasteiger partial charge >= 0.3 is 0 Å². The maximum Gasteiger partial charge on any atom is 0.240 e. The monoisotopic (exact) mass is 212 g/mol. The Bertz CT molecular complexity index is 236. The fourth-order valence-electron chi connectivity index (χ4n) is 1.79. The highest BCUT2D eigenvalue weighted by atomic mass is 32.2. The average molecular weight is 212 g/mol. The first-order valence-corrected chi connectivity index (χ1v) is 6.28. The third kappa shape index (κ3) is 2.30.